The van der Waals surface area contributed by atoms with Gasteiger partial charge in [0.05, 0.1) is 12.2 Å². The molecule has 1 aliphatic rings. The van der Waals surface area contributed by atoms with Crippen LogP contribution in [-0.4, -0.2) is 31.0 Å². The topological polar surface area (TPSA) is 61.5 Å². The second-order valence-corrected chi connectivity index (χ2v) is 5.74. The molecule has 0 atom stereocenters. The summed E-state index contributed by atoms with van der Waals surface area (Å²) in [7, 11) is 0. The van der Waals surface area contributed by atoms with E-state index in [1.165, 1.54) is 0 Å². The average molecular weight is 281 g/mol. The number of thioether (sulfide) groups is 1. The van der Waals surface area contributed by atoms with E-state index >= 15 is 0 Å². The van der Waals surface area contributed by atoms with Crippen LogP contribution in [0.3, 0.4) is 0 Å². The van der Waals surface area contributed by atoms with Gasteiger partial charge in [-0.2, -0.15) is 0 Å². The van der Waals surface area contributed by atoms with E-state index in [0.717, 1.165) is 31.0 Å². The van der Waals surface area contributed by atoms with Crippen LogP contribution < -0.4 is 5.73 Å². The largest absolute Gasteiger partial charge is 0.462 e. The molecule has 0 radical (unpaired) electrons. The molecule has 0 spiro atoms. The van der Waals surface area contributed by atoms with Crippen molar-refractivity contribution >= 4 is 23.4 Å². The minimum Gasteiger partial charge on any atom is -0.462 e. The van der Waals surface area contributed by atoms with E-state index in [1.807, 2.05) is 6.07 Å². The third kappa shape index (κ3) is 3.88. The SMILES string of the molecule is CCOC(=O)c1ccc(SC2CCOCC2)c(N)c1. The zero-order chi connectivity index (χ0) is 13.7. The predicted octanol–water partition coefficient (Wildman–Crippen LogP) is 2.72. The van der Waals surface area contributed by atoms with Crippen LogP contribution in [0.25, 0.3) is 0 Å². The zero-order valence-corrected chi connectivity index (χ0v) is 11.9. The van der Waals surface area contributed by atoms with E-state index in [1.54, 1.807) is 30.8 Å². The number of hydrogen-bond donors (Lipinski definition) is 1. The minimum absolute atomic E-state index is 0.322. The van der Waals surface area contributed by atoms with Gasteiger partial charge in [0.15, 0.2) is 0 Å². The van der Waals surface area contributed by atoms with Crippen molar-refractivity contribution in [1.82, 2.24) is 0 Å². The molecular weight excluding hydrogens is 262 g/mol. The van der Waals surface area contributed by atoms with Crippen molar-refractivity contribution in [3.63, 3.8) is 0 Å². The molecular formula is C14H19NO3S. The summed E-state index contributed by atoms with van der Waals surface area (Å²) in [4.78, 5) is 12.6. The van der Waals surface area contributed by atoms with Gasteiger partial charge >= 0.3 is 5.97 Å². The lowest BCUT2D eigenvalue weighted by Gasteiger charge is -2.22. The molecule has 2 N–H and O–H groups in total. The molecule has 0 aliphatic carbocycles. The Kier molecular flexibility index (Phi) is 5.10. The number of hydrogen-bond acceptors (Lipinski definition) is 5. The molecule has 0 amide bonds. The number of carbonyl (C=O) groups is 1. The maximum absolute atomic E-state index is 11.6. The first-order valence-electron chi connectivity index (χ1n) is 6.51. The quantitative estimate of drug-likeness (QED) is 0.679. The number of ether oxygens (including phenoxy) is 2. The fourth-order valence-corrected chi connectivity index (χ4v) is 3.10. The van der Waals surface area contributed by atoms with Crippen LogP contribution in [0.4, 0.5) is 5.69 Å². The molecule has 0 saturated carbocycles. The molecule has 1 aromatic rings. The summed E-state index contributed by atoms with van der Waals surface area (Å²) >= 11 is 1.77. The van der Waals surface area contributed by atoms with Crippen LogP contribution in [-0.2, 0) is 9.47 Å². The van der Waals surface area contributed by atoms with E-state index in [0.29, 0.717) is 23.1 Å². The van der Waals surface area contributed by atoms with Crippen molar-refractivity contribution in [2.24, 2.45) is 0 Å². The van der Waals surface area contributed by atoms with Gasteiger partial charge in [-0.1, -0.05) is 0 Å². The second-order valence-electron chi connectivity index (χ2n) is 4.40. The summed E-state index contributed by atoms with van der Waals surface area (Å²) in [6, 6.07) is 5.37. The Bertz CT molecular complexity index is 444. The number of rotatable bonds is 4. The van der Waals surface area contributed by atoms with Gasteiger partial charge in [-0.25, -0.2) is 4.79 Å². The molecule has 5 heteroatoms. The van der Waals surface area contributed by atoms with Crippen LogP contribution in [0.2, 0.25) is 0 Å². The highest BCUT2D eigenvalue weighted by Gasteiger charge is 2.17. The van der Waals surface area contributed by atoms with Gasteiger partial charge in [0, 0.05) is 29.0 Å². The Hall–Kier alpha value is -1.20. The zero-order valence-electron chi connectivity index (χ0n) is 11.1. The predicted molar refractivity (Wildman–Crippen MR) is 76.5 cm³/mol. The Labute approximate surface area is 117 Å². The summed E-state index contributed by atoms with van der Waals surface area (Å²) in [5.41, 5.74) is 7.16. The van der Waals surface area contributed by atoms with Gasteiger partial charge in [0.2, 0.25) is 0 Å². The van der Waals surface area contributed by atoms with Crippen LogP contribution in [0.15, 0.2) is 23.1 Å². The number of nitrogens with two attached hydrogens (primary N) is 1. The van der Waals surface area contributed by atoms with Crippen LogP contribution in [0.5, 0.6) is 0 Å². The van der Waals surface area contributed by atoms with E-state index in [2.05, 4.69) is 0 Å². The van der Waals surface area contributed by atoms with Crippen LogP contribution >= 0.6 is 11.8 Å². The number of carbonyl (C=O) groups excluding carboxylic acids is 1. The molecule has 1 aliphatic heterocycles. The van der Waals surface area contributed by atoms with Gasteiger partial charge in [-0.15, -0.1) is 11.8 Å². The third-order valence-corrected chi connectivity index (χ3v) is 4.41. The summed E-state index contributed by atoms with van der Waals surface area (Å²) in [6.45, 7) is 3.80. The number of nitrogen functional groups attached to an aromatic ring is 1. The van der Waals surface area contributed by atoms with Crippen molar-refractivity contribution in [2.45, 2.75) is 29.9 Å². The van der Waals surface area contributed by atoms with E-state index in [-0.39, 0.29) is 5.97 Å². The lowest BCUT2D eigenvalue weighted by atomic mass is 10.2. The summed E-state index contributed by atoms with van der Waals surface area (Å²) in [5.74, 6) is -0.322. The van der Waals surface area contributed by atoms with Crippen molar-refractivity contribution in [3.05, 3.63) is 23.8 Å². The lowest BCUT2D eigenvalue weighted by molar-refractivity contribution is 0.0526. The average Bonchev–Trinajstić information content (AvgIpc) is 2.42. The molecule has 1 fully saturated rings. The van der Waals surface area contributed by atoms with Crippen molar-refractivity contribution in [1.29, 1.82) is 0 Å². The Morgan fingerprint density at radius 1 is 1.47 bits per heavy atom. The molecule has 0 bridgehead atoms. The van der Waals surface area contributed by atoms with Gasteiger partial charge in [-0.3, -0.25) is 0 Å². The summed E-state index contributed by atoms with van der Waals surface area (Å²) in [6.07, 6.45) is 2.09. The lowest BCUT2D eigenvalue weighted by Crippen LogP contribution is -2.17. The fraction of sp³-hybridized carbons (Fsp3) is 0.500. The first-order valence-corrected chi connectivity index (χ1v) is 7.39. The summed E-state index contributed by atoms with van der Waals surface area (Å²) in [5, 5.41) is 0.546. The Morgan fingerprint density at radius 2 is 2.21 bits per heavy atom. The van der Waals surface area contributed by atoms with Gasteiger partial charge in [0.1, 0.15) is 0 Å². The molecule has 0 unspecified atom stereocenters. The smallest absolute Gasteiger partial charge is 0.338 e. The molecule has 0 aromatic heterocycles. The van der Waals surface area contributed by atoms with Crippen molar-refractivity contribution in [3.8, 4) is 0 Å². The first-order chi connectivity index (χ1) is 9.20. The van der Waals surface area contributed by atoms with Gasteiger partial charge < -0.3 is 15.2 Å². The molecule has 1 aromatic carbocycles. The highest BCUT2D eigenvalue weighted by molar-refractivity contribution is 8.00. The van der Waals surface area contributed by atoms with Crippen molar-refractivity contribution < 1.29 is 14.3 Å². The van der Waals surface area contributed by atoms with E-state index < -0.39 is 0 Å². The standard InChI is InChI=1S/C14H19NO3S/c1-2-18-14(16)10-3-4-13(12(15)9-10)19-11-5-7-17-8-6-11/h3-4,9,11H,2,5-8,15H2,1H3. The first kappa shape index (κ1) is 14.2. The van der Waals surface area contributed by atoms with E-state index in [9.17, 15) is 4.79 Å². The van der Waals surface area contributed by atoms with E-state index in [4.69, 9.17) is 15.2 Å². The summed E-state index contributed by atoms with van der Waals surface area (Å²) < 4.78 is 10.3. The minimum atomic E-state index is -0.322. The Morgan fingerprint density at radius 3 is 2.84 bits per heavy atom. The molecule has 1 saturated heterocycles. The molecule has 2 rings (SSSR count). The van der Waals surface area contributed by atoms with Gasteiger partial charge in [0.25, 0.3) is 0 Å². The molecule has 104 valence electrons. The number of benzene rings is 1. The highest BCUT2D eigenvalue weighted by Crippen LogP contribution is 2.33. The number of anilines is 1. The van der Waals surface area contributed by atoms with Gasteiger partial charge in [-0.05, 0) is 38.0 Å². The number of esters is 1. The molecule has 19 heavy (non-hydrogen) atoms. The monoisotopic (exact) mass is 281 g/mol. The Balaban J connectivity index is 2.04. The highest BCUT2D eigenvalue weighted by atomic mass is 32.2. The molecule has 4 nitrogen and oxygen atoms in total. The fourth-order valence-electron chi connectivity index (χ4n) is 1.97. The normalized spacial score (nSPS) is 16.3. The maximum atomic E-state index is 11.6. The van der Waals surface area contributed by atoms with Crippen molar-refractivity contribution in [2.75, 3.05) is 25.6 Å². The second kappa shape index (κ2) is 6.82. The molecule has 1 heterocycles. The maximum Gasteiger partial charge on any atom is 0.338 e. The van der Waals surface area contributed by atoms with Crippen LogP contribution in [0.1, 0.15) is 30.1 Å². The van der Waals surface area contributed by atoms with Crippen LogP contribution in [0, 0.1) is 0 Å². The third-order valence-electron chi connectivity index (χ3n) is 2.98.